The Morgan fingerprint density at radius 1 is 0.917 bits per heavy atom. The van der Waals surface area contributed by atoms with Crippen molar-refractivity contribution in [2.24, 2.45) is 0 Å². The standard InChI is InChI=1S/C7H5NS4/c1-4-6(11-2-9-4)8-7-5(1)10-3-12-7/h1H,2-3H2. The molecule has 0 saturated carbocycles. The van der Waals surface area contributed by atoms with Gasteiger partial charge in [0.15, 0.2) is 0 Å². The highest BCUT2D eigenvalue weighted by Crippen LogP contribution is 2.48. The lowest BCUT2D eigenvalue weighted by Crippen LogP contribution is -1.82. The lowest BCUT2D eigenvalue weighted by atomic mass is 10.5. The highest BCUT2D eigenvalue weighted by atomic mass is 32.2. The van der Waals surface area contributed by atoms with Crippen molar-refractivity contribution < 1.29 is 0 Å². The zero-order valence-corrected chi connectivity index (χ0v) is 9.34. The summed E-state index contributed by atoms with van der Waals surface area (Å²) >= 11 is 7.55. The van der Waals surface area contributed by atoms with Gasteiger partial charge in [-0.1, -0.05) is 23.5 Å². The molecule has 1 aromatic rings. The lowest BCUT2D eigenvalue weighted by molar-refractivity contribution is 0.893. The molecule has 0 saturated heterocycles. The van der Waals surface area contributed by atoms with Crippen LogP contribution >= 0.6 is 47.0 Å². The molecule has 0 bridgehead atoms. The Morgan fingerprint density at radius 2 is 1.50 bits per heavy atom. The van der Waals surface area contributed by atoms with Gasteiger partial charge < -0.3 is 0 Å². The molecule has 62 valence electrons. The molecule has 0 atom stereocenters. The molecule has 0 amide bonds. The Balaban J connectivity index is 2.18. The maximum atomic E-state index is 4.62. The molecule has 3 heterocycles. The number of nitrogens with zero attached hydrogens (tertiary/aromatic N) is 1. The van der Waals surface area contributed by atoms with Crippen molar-refractivity contribution in [2.45, 2.75) is 19.8 Å². The van der Waals surface area contributed by atoms with E-state index in [-0.39, 0.29) is 0 Å². The van der Waals surface area contributed by atoms with Crippen molar-refractivity contribution in [1.82, 2.24) is 4.98 Å². The van der Waals surface area contributed by atoms with Crippen LogP contribution < -0.4 is 0 Å². The minimum atomic E-state index is 1.14. The van der Waals surface area contributed by atoms with E-state index in [1.54, 1.807) is 0 Å². The van der Waals surface area contributed by atoms with Crippen molar-refractivity contribution in [1.29, 1.82) is 0 Å². The topological polar surface area (TPSA) is 12.9 Å². The molecular weight excluding hydrogens is 226 g/mol. The van der Waals surface area contributed by atoms with Crippen LogP contribution in [0.5, 0.6) is 0 Å². The van der Waals surface area contributed by atoms with Crippen LogP contribution in [0.25, 0.3) is 0 Å². The molecule has 1 nitrogen and oxygen atoms in total. The SMILES string of the molecule is c1c2c(nc3c1SCS3)SCS2. The summed E-state index contributed by atoms with van der Waals surface area (Å²) in [5.74, 6) is 0. The normalized spacial score (nSPS) is 19.3. The first kappa shape index (κ1) is 7.91. The van der Waals surface area contributed by atoms with Gasteiger partial charge in [-0.25, -0.2) is 4.98 Å². The molecule has 0 spiro atoms. The van der Waals surface area contributed by atoms with Gasteiger partial charge in [0.2, 0.25) is 0 Å². The van der Waals surface area contributed by atoms with Gasteiger partial charge in [-0.2, -0.15) is 0 Å². The van der Waals surface area contributed by atoms with E-state index < -0.39 is 0 Å². The first-order valence-electron chi connectivity index (χ1n) is 3.50. The van der Waals surface area contributed by atoms with Crippen LogP contribution in [0.2, 0.25) is 0 Å². The number of pyridine rings is 1. The van der Waals surface area contributed by atoms with Crippen LogP contribution in [0.3, 0.4) is 0 Å². The Hall–Kier alpha value is 0.550. The summed E-state index contributed by atoms with van der Waals surface area (Å²) in [6.07, 6.45) is 0. The summed E-state index contributed by atoms with van der Waals surface area (Å²) in [7, 11) is 0. The number of aromatic nitrogens is 1. The van der Waals surface area contributed by atoms with E-state index in [2.05, 4.69) is 11.1 Å². The predicted octanol–water partition coefficient (Wildman–Crippen LogP) is 3.39. The summed E-state index contributed by atoms with van der Waals surface area (Å²) in [6, 6.07) is 2.30. The minimum absolute atomic E-state index is 1.14. The maximum Gasteiger partial charge on any atom is 0.112 e. The van der Waals surface area contributed by atoms with Crippen molar-refractivity contribution in [3.8, 4) is 0 Å². The molecule has 0 aliphatic carbocycles. The third-order valence-electron chi connectivity index (χ3n) is 1.71. The third-order valence-corrected chi connectivity index (χ3v) is 6.26. The van der Waals surface area contributed by atoms with E-state index in [4.69, 9.17) is 0 Å². The molecule has 0 aromatic carbocycles. The molecule has 0 fully saturated rings. The van der Waals surface area contributed by atoms with Gasteiger partial charge in [0, 0.05) is 9.79 Å². The second-order valence-corrected chi connectivity index (χ2v) is 7.10. The maximum absolute atomic E-state index is 4.62. The van der Waals surface area contributed by atoms with Gasteiger partial charge in [0.05, 0.1) is 10.2 Å². The number of fused-ring (bicyclic) bond motifs is 2. The van der Waals surface area contributed by atoms with Gasteiger partial charge in [0.1, 0.15) is 10.1 Å². The fourth-order valence-electron chi connectivity index (χ4n) is 1.16. The Labute approximate surface area is 87.9 Å². The summed E-state index contributed by atoms with van der Waals surface area (Å²) < 4.78 is 0. The smallest absolute Gasteiger partial charge is 0.112 e. The quantitative estimate of drug-likeness (QED) is 0.676. The fourth-order valence-corrected chi connectivity index (χ4v) is 5.83. The first-order valence-corrected chi connectivity index (χ1v) is 7.44. The molecule has 12 heavy (non-hydrogen) atoms. The average Bonchev–Trinajstić information content (AvgIpc) is 2.64. The van der Waals surface area contributed by atoms with E-state index >= 15 is 0 Å². The highest BCUT2D eigenvalue weighted by molar-refractivity contribution is 8.19. The molecule has 1 aromatic heterocycles. The minimum Gasteiger partial charge on any atom is -0.233 e. The third kappa shape index (κ3) is 1.18. The summed E-state index contributed by atoms with van der Waals surface area (Å²) in [6.45, 7) is 0. The van der Waals surface area contributed by atoms with Gasteiger partial charge in [-0.3, -0.25) is 0 Å². The predicted molar refractivity (Wildman–Crippen MR) is 57.4 cm³/mol. The fraction of sp³-hybridized carbons (Fsp3) is 0.286. The summed E-state index contributed by atoms with van der Waals surface area (Å²) in [5.41, 5.74) is 0. The van der Waals surface area contributed by atoms with Crippen molar-refractivity contribution in [3.63, 3.8) is 0 Å². The largest absolute Gasteiger partial charge is 0.233 e. The van der Waals surface area contributed by atoms with E-state index in [0.29, 0.717) is 0 Å². The Morgan fingerprint density at radius 3 is 2.08 bits per heavy atom. The molecular formula is C7H5NS4. The van der Waals surface area contributed by atoms with Crippen LogP contribution in [-0.4, -0.2) is 15.2 Å². The van der Waals surface area contributed by atoms with Crippen molar-refractivity contribution in [2.75, 3.05) is 10.2 Å². The van der Waals surface area contributed by atoms with Crippen LogP contribution in [-0.2, 0) is 0 Å². The zero-order chi connectivity index (χ0) is 7.97. The number of hydrogen-bond acceptors (Lipinski definition) is 5. The second-order valence-electron chi connectivity index (χ2n) is 2.41. The van der Waals surface area contributed by atoms with Gasteiger partial charge in [0.25, 0.3) is 0 Å². The van der Waals surface area contributed by atoms with Gasteiger partial charge >= 0.3 is 0 Å². The van der Waals surface area contributed by atoms with E-state index in [0.717, 1.165) is 10.2 Å². The Kier molecular flexibility index (Phi) is 2.01. The van der Waals surface area contributed by atoms with Gasteiger partial charge in [-0.15, -0.1) is 23.5 Å². The van der Waals surface area contributed by atoms with Crippen LogP contribution in [0.15, 0.2) is 25.9 Å². The van der Waals surface area contributed by atoms with E-state index in [1.807, 2.05) is 47.0 Å². The van der Waals surface area contributed by atoms with Gasteiger partial charge in [-0.05, 0) is 6.07 Å². The lowest BCUT2D eigenvalue weighted by Gasteiger charge is -1.99. The molecule has 0 N–H and O–H groups in total. The summed E-state index contributed by atoms with van der Waals surface area (Å²) in [4.78, 5) is 7.38. The monoisotopic (exact) mass is 231 g/mol. The second kappa shape index (κ2) is 3.04. The number of rotatable bonds is 0. The van der Waals surface area contributed by atoms with Crippen LogP contribution in [0.1, 0.15) is 0 Å². The average molecular weight is 231 g/mol. The zero-order valence-electron chi connectivity index (χ0n) is 6.07. The Bertz CT molecular complexity index is 278. The number of hydrogen-bond donors (Lipinski definition) is 0. The molecule has 0 unspecified atom stereocenters. The highest BCUT2D eigenvalue weighted by Gasteiger charge is 2.21. The molecule has 0 radical (unpaired) electrons. The van der Waals surface area contributed by atoms with E-state index in [1.165, 1.54) is 19.8 Å². The first-order chi connectivity index (χ1) is 5.93. The van der Waals surface area contributed by atoms with E-state index in [9.17, 15) is 0 Å². The van der Waals surface area contributed by atoms with Crippen molar-refractivity contribution >= 4 is 47.0 Å². The molecule has 3 rings (SSSR count). The molecule has 2 aliphatic heterocycles. The number of thioether (sulfide) groups is 4. The molecule has 2 aliphatic rings. The van der Waals surface area contributed by atoms with Crippen LogP contribution in [0, 0.1) is 0 Å². The van der Waals surface area contributed by atoms with Crippen molar-refractivity contribution in [3.05, 3.63) is 6.07 Å². The summed E-state index contributed by atoms with van der Waals surface area (Å²) in [5, 5.41) is 4.77. The molecule has 5 heteroatoms. The van der Waals surface area contributed by atoms with Crippen LogP contribution in [0.4, 0.5) is 0 Å².